The number of ether oxygens (including phenoxy) is 2. The van der Waals surface area contributed by atoms with Crippen LogP contribution in [0.15, 0.2) is 36.7 Å². The molecule has 3 heterocycles. The Morgan fingerprint density at radius 3 is 2.45 bits per heavy atom. The normalized spacial score (nSPS) is 17.7. The molecule has 0 radical (unpaired) electrons. The van der Waals surface area contributed by atoms with Crippen LogP contribution in [0.5, 0.6) is 11.5 Å². The van der Waals surface area contributed by atoms with Gasteiger partial charge in [0.15, 0.2) is 0 Å². The maximum absolute atomic E-state index is 13.3. The third-order valence-corrected chi connectivity index (χ3v) is 7.34. The van der Waals surface area contributed by atoms with Gasteiger partial charge in [0.2, 0.25) is 5.91 Å². The minimum Gasteiger partial charge on any atom is -0.496 e. The lowest BCUT2D eigenvalue weighted by Crippen LogP contribution is -2.49. The van der Waals surface area contributed by atoms with Crippen molar-refractivity contribution in [3.05, 3.63) is 42.2 Å². The summed E-state index contributed by atoms with van der Waals surface area (Å²) in [5.74, 6) is -0.103. The summed E-state index contributed by atoms with van der Waals surface area (Å²) in [5, 5.41) is 7.30. The number of anilines is 1. The van der Waals surface area contributed by atoms with Gasteiger partial charge in [-0.1, -0.05) is 0 Å². The molecule has 0 spiro atoms. The van der Waals surface area contributed by atoms with E-state index in [0.717, 1.165) is 50.0 Å². The first-order valence-corrected chi connectivity index (χ1v) is 12.9. The van der Waals surface area contributed by atoms with E-state index in [2.05, 4.69) is 15.3 Å². The molecular weight excluding hydrogens is 496 g/mol. The van der Waals surface area contributed by atoms with E-state index in [0.29, 0.717) is 24.2 Å². The number of rotatable bonds is 8. The van der Waals surface area contributed by atoms with Crippen LogP contribution in [-0.2, 0) is 4.79 Å². The highest BCUT2D eigenvalue weighted by molar-refractivity contribution is 6.01. The maximum atomic E-state index is 13.3. The monoisotopic (exact) mass is 525 g/mol. The molecular formula is C27H29F2N5O4. The summed E-state index contributed by atoms with van der Waals surface area (Å²) in [6, 6.07) is 7.03. The van der Waals surface area contributed by atoms with Crippen LogP contribution in [0.3, 0.4) is 0 Å². The number of benzene rings is 1. The van der Waals surface area contributed by atoms with Crippen LogP contribution in [0, 0.1) is 5.92 Å². The van der Waals surface area contributed by atoms with Crippen molar-refractivity contribution >= 4 is 23.0 Å². The molecule has 0 unspecified atom stereocenters. The molecule has 2 aliphatic carbocycles. The zero-order valence-corrected chi connectivity index (χ0v) is 21.0. The number of alkyl halides is 2. The van der Waals surface area contributed by atoms with Gasteiger partial charge in [-0.3, -0.25) is 9.59 Å². The number of halogens is 2. The zero-order valence-electron chi connectivity index (χ0n) is 21.0. The SMILES string of the molecule is COc1cc(-c2cnn3cc(N4CCN(C(=O)C5CC5)CC4)ccc23)cc(OC(F)F)c1C(=O)NC1CC1. The molecule has 1 N–H and O–H groups in total. The highest BCUT2D eigenvalue weighted by Gasteiger charge is 2.34. The van der Waals surface area contributed by atoms with E-state index in [1.165, 1.54) is 13.2 Å². The largest absolute Gasteiger partial charge is 0.496 e. The van der Waals surface area contributed by atoms with Crippen molar-refractivity contribution in [3.8, 4) is 22.6 Å². The zero-order chi connectivity index (χ0) is 26.4. The van der Waals surface area contributed by atoms with Crippen LogP contribution in [0.2, 0.25) is 0 Å². The Morgan fingerprint density at radius 2 is 1.79 bits per heavy atom. The molecule has 0 bridgehead atoms. The number of carbonyl (C=O) groups excluding carboxylic acids is 2. The number of pyridine rings is 1. The predicted octanol–water partition coefficient (Wildman–Crippen LogP) is 3.56. The van der Waals surface area contributed by atoms with Crippen molar-refractivity contribution in [1.29, 1.82) is 0 Å². The number of aromatic nitrogens is 2. The summed E-state index contributed by atoms with van der Waals surface area (Å²) >= 11 is 0. The number of hydrogen-bond acceptors (Lipinski definition) is 6. The third-order valence-electron chi connectivity index (χ3n) is 7.34. The summed E-state index contributed by atoms with van der Waals surface area (Å²) in [4.78, 5) is 29.4. The Labute approximate surface area is 218 Å². The van der Waals surface area contributed by atoms with Crippen LogP contribution < -0.4 is 19.7 Å². The maximum Gasteiger partial charge on any atom is 0.387 e. The van der Waals surface area contributed by atoms with Crippen molar-refractivity contribution in [1.82, 2.24) is 19.8 Å². The quantitative estimate of drug-likeness (QED) is 0.484. The predicted molar refractivity (Wildman–Crippen MR) is 136 cm³/mol. The lowest BCUT2D eigenvalue weighted by molar-refractivity contribution is -0.132. The number of fused-ring (bicyclic) bond motifs is 1. The lowest BCUT2D eigenvalue weighted by atomic mass is 10.0. The second-order valence-corrected chi connectivity index (χ2v) is 10.0. The molecule has 0 atom stereocenters. The molecule has 1 aliphatic heterocycles. The average Bonchev–Trinajstić information content (AvgIpc) is 3.85. The van der Waals surface area contributed by atoms with Gasteiger partial charge in [-0.25, -0.2) is 4.52 Å². The number of hydrogen-bond donors (Lipinski definition) is 1. The standard InChI is InChI=1S/C27H29F2N5O4/c1-37-22-12-17(13-23(38-27(28)29)24(22)25(35)31-18-4-5-18)20-14-30-34-15-19(6-7-21(20)34)32-8-10-33(11-9-32)26(36)16-2-3-16/h6-7,12-16,18,27H,2-5,8-11H2,1H3,(H,31,35). The Hall–Kier alpha value is -3.89. The first kappa shape index (κ1) is 24.4. The minimum atomic E-state index is -3.10. The van der Waals surface area contributed by atoms with Gasteiger partial charge < -0.3 is 24.6 Å². The molecule has 3 aliphatic rings. The van der Waals surface area contributed by atoms with Crippen LogP contribution in [0.4, 0.5) is 14.5 Å². The van der Waals surface area contributed by atoms with Gasteiger partial charge in [0.25, 0.3) is 5.91 Å². The van der Waals surface area contributed by atoms with Gasteiger partial charge in [0.1, 0.15) is 17.1 Å². The molecule has 38 heavy (non-hydrogen) atoms. The summed E-state index contributed by atoms with van der Waals surface area (Å²) in [7, 11) is 1.39. The fourth-order valence-electron chi connectivity index (χ4n) is 4.96. The van der Waals surface area contributed by atoms with Gasteiger partial charge in [-0.15, -0.1) is 0 Å². The van der Waals surface area contributed by atoms with Crippen LogP contribution in [-0.4, -0.2) is 72.3 Å². The first-order chi connectivity index (χ1) is 18.4. The number of carbonyl (C=O) groups is 2. The van der Waals surface area contributed by atoms with E-state index in [1.807, 2.05) is 23.2 Å². The Balaban J connectivity index is 1.27. The summed E-state index contributed by atoms with van der Waals surface area (Å²) in [6.45, 7) is -0.216. The molecule has 2 aromatic heterocycles. The van der Waals surface area contributed by atoms with Crippen LogP contribution in [0.25, 0.3) is 16.6 Å². The first-order valence-electron chi connectivity index (χ1n) is 12.9. The van der Waals surface area contributed by atoms with Crippen LogP contribution in [0.1, 0.15) is 36.0 Å². The Bertz CT molecular complexity index is 1380. The van der Waals surface area contributed by atoms with E-state index in [-0.39, 0.29) is 34.9 Å². The number of nitrogens with zero attached hydrogens (tertiary/aromatic N) is 4. The van der Waals surface area contributed by atoms with Gasteiger partial charge >= 0.3 is 6.61 Å². The summed E-state index contributed by atoms with van der Waals surface area (Å²) in [6.07, 6.45) is 7.30. The fraction of sp³-hybridized carbons (Fsp3) is 0.444. The fourth-order valence-corrected chi connectivity index (χ4v) is 4.96. The molecule has 2 amide bonds. The number of methoxy groups -OCH3 is 1. The molecule has 3 aromatic rings. The third kappa shape index (κ3) is 4.84. The topological polar surface area (TPSA) is 88.4 Å². The lowest BCUT2D eigenvalue weighted by Gasteiger charge is -2.36. The van der Waals surface area contributed by atoms with Crippen molar-refractivity contribution in [2.24, 2.45) is 5.92 Å². The summed E-state index contributed by atoms with van der Waals surface area (Å²) < 4.78 is 38.5. The molecule has 11 heteroatoms. The second-order valence-electron chi connectivity index (χ2n) is 10.0. The average molecular weight is 526 g/mol. The molecule has 1 saturated heterocycles. The van der Waals surface area contributed by atoms with Crippen molar-refractivity contribution in [2.75, 3.05) is 38.2 Å². The molecule has 3 fully saturated rings. The molecule has 2 saturated carbocycles. The van der Waals surface area contributed by atoms with Crippen LogP contribution >= 0.6 is 0 Å². The Morgan fingerprint density at radius 1 is 1.05 bits per heavy atom. The number of nitrogens with one attached hydrogen (secondary N) is 1. The van der Waals surface area contributed by atoms with Gasteiger partial charge in [-0.2, -0.15) is 13.9 Å². The van der Waals surface area contributed by atoms with E-state index in [4.69, 9.17) is 9.47 Å². The number of piperazine rings is 1. The van der Waals surface area contributed by atoms with Crippen molar-refractivity contribution < 1.29 is 27.8 Å². The Kier molecular flexibility index (Phi) is 6.29. The smallest absolute Gasteiger partial charge is 0.387 e. The molecule has 9 nitrogen and oxygen atoms in total. The van der Waals surface area contributed by atoms with E-state index >= 15 is 0 Å². The number of amides is 2. The van der Waals surface area contributed by atoms with E-state index in [1.54, 1.807) is 16.8 Å². The van der Waals surface area contributed by atoms with E-state index < -0.39 is 12.5 Å². The second kappa shape index (κ2) is 9.77. The molecule has 200 valence electrons. The van der Waals surface area contributed by atoms with Gasteiger partial charge in [0.05, 0.1) is 30.7 Å². The van der Waals surface area contributed by atoms with E-state index in [9.17, 15) is 18.4 Å². The minimum absolute atomic E-state index is 0.0433. The van der Waals surface area contributed by atoms with Crippen molar-refractivity contribution in [3.63, 3.8) is 0 Å². The molecule has 6 rings (SSSR count). The van der Waals surface area contributed by atoms with Gasteiger partial charge in [0, 0.05) is 43.7 Å². The van der Waals surface area contributed by atoms with Gasteiger partial charge in [-0.05, 0) is 55.5 Å². The van der Waals surface area contributed by atoms with Crippen molar-refractivity contribution in [2.45, 2.75) is 38.3 Å². The highest BCUT2D eigenvalue weighted by Crippen LogP contribution is 2.38. The highest BCUT2D eigenvalue weighted by atomic mass is 19.3. The molecule has 1 aromatic carbocycles. The summed E-state index contributed by atoms with van der Waals surface area (Å²) in [5.41, 5.74) is 2.91.